The molecule has 0 N–H and O–H groups in total. The zero-order chi connectivity index (χ0) is 41.4. The fourth-order valence-corrected chi connectivity index (χ4v) is 10.5. The summed E-state index contributed by atoms with van der Waals surface area (Å²) in [6, 6.07) is 86.5. The first-order valence-corrected chi connectivity index (χ1v) is 21.7. The molecule has 0 radical (unpaired) electrons. The van der Waals surface area contributed by atoms with Gasteiger partial charge in [0.05, 0.1) is 16.7 Å². The molecular formula is C58H39BN4. The first kappa shape index (κ1) is 35.5. The molecule has 0 saturated heterocycles. The molecule has 294 valence electrons. The average Bonchev–Trinajstić information content (AvgIpc) is 3.67. The smallest absolute Gasteiger partial charge is 0.252 e. The molecule has 10 aromatic carbocycles. The van der Waals surface area contributed by atoms with Gasteiger partial charge in [0.2, 0.25) is 0 Å². The number of para-hydroxylation sites is 7. The molecule has 0 fully saturated rings. The summed E-state index contributed by atoms with van der Waals surface area (Å²) in [4.78, 5) is 7.39. The van der Waals surface area contributed by atoms with Crippen molar-refractivity contribution in [3.8, 4) is 5.69 Å². The van der Waals surface area contributed by atoms with Crippen molar-refractivity contribution in [2.75, 3.05) is 14.7 Å². The summed E-state index contributed by atoms with van der Waals surface area (Å²) < 4.78 is 2.53. The Morgan fingerprint density at radius 1 is 0.349 bits per heavy atom. The van der Waals surface area contributed by atoms with Crippen LogP contribution in [0.2, 0.25) is 0 Å². The molecule has 0 spiro atoms. The monoisotopic (exact) mass is 802 g/mol. The Hall–Kier alpha value is -8.28. The second-order valence-electron chi connectivity index (χ2n) is 16.5. The molecule has 0 atom stereocenters. The maximum atomic E-state index is 2.54. The molecule has 2 aliphatic heterocycles. The van der Waals surface area contributed by atoms with Gasteiger partial charge in [0.25, 0.3) is 6.71 Å². The lowest BCUT2D eigenvalue weighted by Crippen LogP contribution is -2.61. The summed E-state index contributed by atoms with van der Waals surface area (Å²) in [6.45, 7) is 0.0116. The highest BCUT2D eigenvalue weighted by Crippen LogP contribution is 2.50. The molecule has 0 saturated carbocycles. The SMILES string of the molecule is c1ccc(N(c2ccccc2)c2ccc3cc4c5cc6c7c(c5n(-c5ccccc5)c4cc3c2)N(c2ccccc2)c2ccccc2B7c2ccccc2N6c2ccccc2)cc1. The van der Waals surface area contributed by atoms with Crippen molar-refractivity contribution >= 4 is 107 Å². The lowest BCUT2D eigenvalue weighted by molar-refractivity contribution is 1.17. The summed E-state index contributed by atoms with van der Waals surface area (Å²) in [5, 5.41) is 4.80. The van der Waals surface area contributed by atoms with Crippen molar-refractivity contribution in [2.24, 2.45) is 0 Å². The van der Waals surface area contributed by atoms with Gasteiger partial charge in [0, 0.05) is 62.0 Å². The van der Waals surface area contributed by atoms with E-state index in [-0.39, 0.29) is 6.71 Å². The number of benzene rings is 10. The van der Waals surface area contributed by atoms with Crippen LogP contribution < -0.4 is 31.1 Å². The Morgan fingerprint density at radius 3 is 1.46 bits per heavy atom. The van der Waals surface area contributed by atoms with Crippen molar-refractivity contribution in [2.45, 2.75) is 0 Å². The van der Waals surface area contributed by atoms with E-state index in [0.29, 0.717) is 0 Å². The van der Waals surface area contributed by atoms with Gasteiger partial charge in [-0.2, -0.15) is 0 Å². The predicted molar refractivity (Wildman–Crippen MR) is 267 cm³/mol. The molecule has 5 heteroatoms. The van der Waals surface area contributed by atoms with E-state index in [9.17, 15) is 0 Å². The third-order valence-corrected chi connectivity index (χ3v) is 13.0. The Labute approximate surface area is 366 Å². The van der Waals surface area contributed by atoms with Gasteiger partial charge in [-0.15, -0.1) is 0 Å². The van der Waals surface area contributed by atoms with E-state index >= 15 is 0 Å². The highest BCUT2D eigenvalue weighted by atomic mass is 15.2. The normalized spacial score (nSPS) is 12.7. The fourth-order valence-electron chi connectivity index (χ4n) is 10.5. The molecule has 0 amide bonds. The first-order chi connectivity index (χ1) is 31.3. The Bertz CT molecular complexity index is 3470. The molecule has 0 bridgehead atoms. The number of hydrogen-bond acceptors (Lipinski definition) is 3. The minimum Gasteiger partial charge on any atom is -0.311 e. The van der Waals surface area contributed by atoms with Gasteiger partial charge in [0.15, 0.2) is 0 Å². The molecule has 0 aliphatic carbocycles. The van der Waals surface area contributed by atoms with Crippen LogP contribution in [0.15, 0.2) is 237 Å². The quantitative estimate of drug-likeness (QED) is 0.156. The molecule has 0 unspecified atom stereocenters. The second kappa shape index (κ2) is 14.2. The number of rotatable bonds is 6. The van der Waals surface area contributed by atoms with Crippen molar-refractivity contribution in [1.29, 1.82) is 0 Å². The van der Waals surface area contributed by atoms with Crippen molar-refractivity contribution < 1.29 is 0 Å². The Kier molecular flexibility index (Phi) is 7.97. The van der Waals surface area contributed by atoms with Crippen molar-refractivity contribution in [3.63, 3.8) is 0 Å². The van der Waals surface area contributed by atoms with Crippen LogP contribution in [0.3, 0.4) is 0 Å². The second-order valence-corrected chi connectivity index (χ2v) is 16.5. The van der Waals surface area contributed by atoms with Gasteiger partial charge in [-0.25, -0.2) is 0 Å². The van der Waals surface area contributed by atoms with E-state index in [1.165, 1.54) is 66.2 Å². The third-order valence-electron chi connectivity index (χ3n) is 13.0. The molecule has 11 aromatic rings. The van der Waals surface area contributed by atoms with Crippen LogP contribution >= 0.6 is 0 Å². The molecule has 4 nitrogen and oxygen atoms in total. The molecule has 2 aliphatic rings. The van der Waals surface area contributed by atoms with Crippen molar-refractivity contribution in [3.05, 3.63) is 237 Å². The molecule has 13 rings (SSSR count). The topological polar surface area (TPSA) is 14.7 Å². The number of anilines is 9. The number of nitrogens with zero attached hydrogens (tertiary/aromatic N) is 4. The molecule has 63 heavy (non-hydrogen) atoms. The van der Waals surface area contributed by atoms with Gasteiger partial charge >= 0.3 is 0 Å². The zero-order valence-corrected chi connectivity index (χ0v) is 34.4. The maximum absolute atomic E-state index is 2.54. The van der Waals surface area contributed by atoms with E-state index in [2.05, 4.69) is 256 Å². The van der Waals surface area contributed by atoms with Gasteiger partial charge in [-0.3, -0.25) is 0 Å². The van der Waals surface area contributed by atoms with Gasteiger partial charge in [-0.05, 0) is 130 Å². The van der Waals surface area contributed by atoms with Gasteiger partial charge in [0.1, 0.15) is 0 Å². The number of hydrogen-bond donors (Lipinski definition) is 0. The van der Waals surface area contributed by atoms with Gasteiger partial charge in [-0.1, -0.05) is 133 Å². The predicted octanol–water partition coefficient (Wildman–Crippen LogP) is 13.5. The highest BCUT2D eigenvalue weighted by Gasteiger charge is 2.45. The van der Waals surface area contributed by atoms with Gasteiger partial charge < -0.3 is 19.3 Å². The van der Waals surface area contributed by atoms with Crippen LogP contribution in [-0.4, -0.2) is 11.3 Å². The molecule has 3 heterocycles. The van der Waals surface area contributed by atoms with Crippen LogP contribution in [0.5, 0.6) is 0 Å². The summed E-state index contributed by atoms with van der Waals surface area (Å²) >= 11 is 0. The van der Waals surface area contributed by atoms with E-state index in [0.717, 1.165) is 39.6 Å². The van der Waals surface area contributed by atoms with Crippen LogP contribution in [0.25, 0.3) is 38.3 Å². The zero-order valence-electron chi connectivity index (χ0n) is 34.4. The summed E-state index contributed by atoms with van der Waals surface area (Å²) in [6.07, 6.45) is 0. The van der Waals surface area contributed by atoms with E-state index in [4.69, 9.17) is 0 Å². The van der Waals surface area contributed by atoms with Crippen LogP contribution in [0, 0.1) is 0 Å². The largest absolute Gasteiger partial charge is 0.311 e. The van der Waals surface area contributed by atoms with Crippen LogP contribution in [-0.2, 0) is 0 Å². The summed E-state index contributed by atoms with van der Waals surface area (Å²) in [5.41, 5.74) is 17.8. The molecular weight excluding hydrogens is 763 g/mol. The standard InChI is InChI=1S/C58H39BN4/c1-6-20-42(21-7-1)60(43-22-8-2-9-23-43)47-35-34-40-37-48-49-39-55-56-58(57(49)63(46-28-14-5-15-29-46)54(48)38-41(40)36-47)62(45-26-12-4-13-27-45)53-33-19-17-31-51(53)59(56)50-30-16-18-32-52(50)61(55)44-24-10-3-11-25-44/h1-39H. The van der Waals surface area contributed by atoms with E-state index in [1.807, 2.05) is 0 Å². The summed E-state index contributed by atoms with van der Waals surface area (Å²) in [5.74, 6) is 0. The summed E-state index contributed by atoms with van der Waals surface area (Å²) in [7, 11) is 0. The van der Waals surface area contributed by atoms with E-state index in [1.54, 1.807) is 0 Å². The van der Waals surface area contributed by atoms with Crippen LogP contribution in [0.4, 0.5) is 51.2 Å². The third kappa shape index (κ3) is 5.43. The lowest BCUT2D eigenvalue weighted by Gasteiger charge is -2.44. The first-order valence-electron chi connectivity index (χ1n) is 21.7. The van der Waals surface area contributed by atoms with Crippen molar-refractivity contribution in [1.82, 2.24) is 4.57 Å². The number of fused-ring (bicyclic) bond motifs is 9. The average molecular weight is 803 g/mol. The molecule has 1 aromatic heterocycles. The fraction of sp³-hybridized carbons (Fsp3) is 0. The van der Waals surface area contributed by atoms with Crippen LogP contribution in [0.1, 0.15) is 0 Å². The highest BCUT2D eigenvalue weighted by molar-refractivity contribution is 7.00. The minimum atomic E-state index is 0.0116. The maximum Gasteiger partial charge on any atom is 0.252 e. The Balaban J connectivity index is 1.18. The minimum absolute atomic E-state index is 0.0116. The Morgan fingerprint density at radius 2 is 0.857 bits per heavy atom. The van der Waals surface area contributed by atoms with E-state index < -0.39 is 0 Å². The lowest BCUT2D eigenvalue weighted by atomic mass is 9.33. The number of aromatic nitrogens is 1.